The van der Waals surface area contributed by atoms with E-state index in [9.17, 15) is 4.79 Å². The maximum absolute atomic E-state index is 10.8. The van der Waals surface area contributed by atoms with Gasteiger partial charge in [0.2, 0.25) is 0 Å². The van der Waals surface area contributed by atoms with Crippen molar-refractivity contribution in [3.05, 3.63) is 12.3 Å². The number of nitriles is 1. The highest BCUT2D eigenvalue weighted by molar-refractivity contribution is 5.85. The van der Waals surface area contributed by atoms with Gasteiger partial charge in [0.25, 0.3) is 0 Å². The number of carbonyl (C=O) groups excluding carboxylic acids is 1. The number of hydrogen-bond acceptors (Lipinski definition) is 4. The van der Waals surface area contributed by atoms with E-state index in [1.165, 1.54) is 6.92 Å². The van der Waals surface area contributed by atoms with Gasteiger partial charge >= 0.3 is 5.97 Å². The molecule has 1 unspecified atom stereocenters. The van der Waals surface area contributed by atoms with E-state index in [-0.39, 0.29) is 12.4 Å². The first-order chi connectivity index (χ1) is 5.61. The Morgan fingerprint density at radius 2 is 2.33 bits per heavy atom. The Labute approximate surface area is 71.4 Å². The topological polar surface area (TPSA) is 59.3 Å². The molecule has 4 nitrogen and oxygen atoms in total. The monoisotopic (exact) mass is 169 g/mol. The van der Waals surface area contributed by atoms with Crippen molar-refractivity contribution in [1.82, 2.24) is 0 Å². The lowest BCUT2D eigenvalue weighted by Crippen LogP contribution is -2.13. The van der Waals surface area contributed by atoms with Crippen LogP contribution in [-0.4, -0.2) is 18.7 Å². The van der Waals surface area contributed by atoms with Crippen LogP contribution in [0.2, 0.25) is 0 Å². The average molecular weight is 169 g/mol. The summed E-state index contributed by atoms with van der Waals surface area (Å²) in [6.45, 7) is 6.78. The first-order valence-electron chi connectivity index (χ1n) is 3.54. The summed E-state index contributed by atoms with van der Waals surface area (Å²) in [5, 5.41) is 8.33. The molecule has 0 aliphatic carbocycles. The molecule has 0 aromatic carbocycles. The minimum atomic E-state index is -0.679. The molecule has 12 heavy (non-hydrogen) atoms. The third kappa shape index (κ3) is 3.62. The van der Waals surface area contributed by atoms with Crippen molar-refractivity contribution >= 4 is 5.97 Å². The van der Waals surface area contributed by atoms with Gasteiger partial charge in [0.15, 0.2) is 11.9 Å². The third-order valence-electron chi connectivity index (χ3n) is 1.00. The van der Waals surface area contributed by atoms with Crippen molar-refractivity contribution in [2.45, 2.75) is 20.0 Å². The molecule has 0 heterocycles. The zero-order valence-electron chi connectivity index (χ0n) is 7.16. The molecule has 0 saturated carbocycles. The van der Waals surface area contributed by atoms with E-state index in [4.69, 9.17) is 10.00 Å². The average Bonchev–Trinajstić information content (AvgIpc) is 2.04. The van der Waals surface area contributed by atoms with Gasteiger partial charge in [0.05, 0.1) is 6.61 Å². The van der Waals surface area contributed by atoms with Gasteiger partial charge in [0.1, 0.15) is 6.07 Å². The van der Waals surface area contributed by atoms with Gasteiger partial charge in [-0.05, 0) is 20.4 Å². The fourth-order valence-electron chi connectivity index (χ4n) is 0.499. The molecule has 0 aliphatic heterocycles. The van der Waals surface area contributed by atoms with Crippen LogP contribution < -0.4 is 0 Å². The Morgan fingerprint density at radius 3 is 2.75 bits per heavy atom. The summed E-state index contributed by atoms with van der Waals surface area (Å²) < 4.78 is 9.36. The number of ether oxygens (including phenoxy) is 2. The van der Waals surface area contributed by atoms with E-state index >= 15 is 0 Å². The summed E-state index contributed by atoms with van der Waals surface area (Å²) in [5.74, 6) is -0.759. The number of esters is 1. The molecule has 0 saturated heterocycles. The highest BCUT2D eigenvalue weighted by Crippen LogP contribution is 2.01. The molecule has 66 valence electrons. The zero-order valence-corrected chi connectivity index (χ0v) is 7.16. The van der Waals surface area contributed by atoms with Crippen LogP contribution in [0, 0.1) is 11.3 Å². The zero-order chi connectivity index (χ0) is 9.56. The van der Waals surface area contributed by atoms with Gasteiger partial charge in [-0.3, -0.25) is 0 Å². The van der Waals surface area contributed by atoms with E-state index in [2.05, 4.69) is 11.3 Å². The lowest BCUT2D eigenvalue weighted by molar-refractivity contribution is -0.143. The van der Waals surface area contributed by atoms with Crippen LogP contribution in [0.5, 0.6) is 0 Å². The van der Waals surface area contributed by atoms with Crippen LogP contribution in [-0.2, 0) is 14.3 Å². The Bertz CT molecular complexity index is 217. The number of carbonyl (C=O) groups is 1. The van der Waals surface area contributed by atoms with Crippen molar-refractivity contribution < 1.29 is 14.3 Å². The molecular formula is C8H11NO3. The fraction of sp³-hybridized carbons (Fsp3) is 0.500. The molecule has 4 heteroatoms. The Balaban J connectivity index is 3.89. The molecule has 0 fully saturated rings. The minimum Gasteiger partial charge on any atom is -0.469 e. The van der Waals surface area contributed by atoms with Crippen LogP contribution >= 0.6 is 0 Å². The lowest BCUT2D eigenvalue weighted by Gasteiger charge is -2.08. The number of rotatable bonds is 4. The standard InChI is InChI=1S/C8H11NO3/c1-4-11-8(10)7(3)12-6(2)5-9/h6H,3-4H2,1-2H3. The van der Waals surface area contributed by atoms with Crippen LogP contribution in [0.15, 0.2) is 12.3 Å². The van der Waals surface area contributed by atoms with Gasteiger partial charge in [-0.1, -0.05) is 0 Å². The molecule has 0 aromatic rings. The van der Waals surface area contributed by atoms with Gasteiger partial charge in [-0.15, -0.1) is 0 Å². The highest BCUT2D eigenvalue weighted by atomic mass is 16.6. The van der Waals surface area contributed by atoms with Crippen molar-refractivity contribution in [3.8, 4) is 6.07 Å². The number of hydrogen-bond donors (Lipinski definition) is 0. The summed E-state index contributed by atoms with van der Waals surface area (Å²) in [6, 6.07) is 1.80. The summed E-state index contributed by atoms with van der Waals surface area (Å²) in [6.07, 6.45) is -0.679. The molecule has 0 aliphatic rings. The van der Waals surface area contributed by atoms with E-state index in [1.807, 2.05) is 0 Å². The fourth-order valence-corrected chi connectivity index (χ4v) is 0.499. The van der Waals surface area contributed by atoms with Gasteiger partial charge < -0.3 is 9.47 Å². The summed E-state index contributed by atoms with van der Waals surface area (Å²) >= 11 is 0. The third-order valence-corrected chi connectivity index (χ3v) is 1.00. The molecule has 0 radical (unpaired) electrons. The molecule has 0 N–H and O–H groups in total. The highest BCUT2D eigenvalue weighted by Gasteiger charge is 2.11. The van der Waals surface area contributed by atoms with Crippen molar-refractivity contribution in [3.63, 3.8) is 0 Å². The smallest absolute Gasteiger partial charge is 0.373 e. The predicted octanol–water partition coefficient (Wildman–Crippen LogP) is 0.992. The SMILES string of the molecule is C=C(OC(C)C#N)C(=O)OCC. The Morgan fingerprint density at radius 1 is 1.75 bits per heavy atom. The van der Waals surface area contributed by atoms with Gasteiger partial charge in [0, 0.05) is 0 Å². The van der Waals surface area contributed by atoms with Crippen LogP contribution in [0.1, 0.15) is 13.8 Å². The normalized spacial score (nSPS) is 11.1. The summed E-state index contributed by atoms with van der Waals surface area (Å²) in [7, 11) is 0. The first kappa shape index (κ1) is 10.5. The molecule has 0 amide bonds. The van der Waals surface area contributed by atoms with Crippen molar-refractivity contribution in [2.75, 3.05) is 6.61 Å². The molecule has 1 atom stereocenters. The first-order valence-corrected chi connectivity index (χ1v) is 3.54. The Hall–Kier alpha value is -1.50. The van der Waals surface area contributed by atoms with Crippen LogP contribution in [0.25, 0.3) is 0 Å². The molecular weight excluding hydrogens is 158 g/mol. The second kappa shape index (κ2) is 5.19. The minimum absolute atomic E-state index is 0.133. The Kier molecular flexibility index (Phi) is 4.54. The predicted molar refractivity (Wildman–Crippen MR) is 41.9 cm³/mol. The van der Waals surface area contributed by atoms with Gasteiger partial charge in [-0.2, -0.15) is 5.26 Å². The van der Waals surface area contributed by atoms with Crippen LogP contribution in [0.3, 0.4) is 0 Å². The molecule has 0 aromatic heterocycles. The van der Waals surface area contributed by atoms with Crippen LogP contribution in [0.4, 0.5) is 0 Å². The number of nitrogens with zero attached hydrogens (tertiary/aromatic N) is 1. The quantitative estimate of drug-likeness (QED) is 0.357. The summed E-state index contributed by atoms with van der Waals surface area (Å²) in [5.41, 5.74) is 0. The van der Waals surface area contributed by atoms with Gasteiger partial charge in [-0.25, -0.2) is 4.79 Å². The van der Waals surface area contributed by atoms with E-state index < -0.39 is 12.1 Å². The van der Waals surface area contributed by atoms with E-state index in [0.717, 1.165) is 0 Å². The second-order valence-electron chi connectivity index (χ2n) is 2.03. The summed E-state index contributed by atoms with van der Waals surface area (Å²) in [4.78, 5) is 10.8. The maximum Gasteiger partial charge on any atom is 0.373 e. The molecule has 0 spiro atoms. The van der Waals surface area contributed by atoms with E-state index in [0.29, 0.717) is 0 Å². The second-order valence-corrected chi connectivity index (χ2v) is 2.03. The van der Waals surface area contributed by atoms with E-state index in [1.54, 1.807) is 13.0 Å². The molecule has 0 rings (SSSR count). The largest absolute Gasteiger partial charge is 0.469 e. The lowest BCUT2D eigenvalue weighted by atomic mass is 10.4. The maximum atomic E-state index is 10.8. The molecule has 0 bridgehead atoms. The van der Waals surface area contributed by atoms with Crippen molar-refractivity contribution in [2.24, 2.45) is 0 Å². The van der Waals surface area contributed by atoms with Crippen molar-refractivity contribution in [1.29, 1.82) is 5.26 Å².